The molecule has 1 aromatic heterocycles. The summed E-state index contributed by atoms with van der Waals surface area (Å²) in [4.78, 5) is 20.3. The standard InChI is InChI=1S/C12H8Br2N2O2/c1-18-12-10(15-4-5-16-12)11(17)8-3-2-7(13)6-9(8)14/h2-6H,1H3. The van der Waals surface area contributed by atoms with E-state index in [-0.39, 0.29) is 17.4 Å². The fourth-order valence-electron chi connectivity index (χ4n) is 1.43. The van der Waals surface area contributed by atoms with E-state index in [0.29, 0.717) is 10.0 Å². The Morgan fingerprint density at radius 2 is 1.94 bits per heavy atom. The molecule has 1 aromatic carbocycles. The van der Waals surface area contributed by atoms with E-state index < -0.39 is 0 Å². The van der Waals surface area contributed by atoms with E-state index in [9.17, 15) is 4.79 Å². The molecule has 0 saturated heterocycles. The second-order valence-corrected chi connectivity index (χ2v) is 5.14. The highest BCUT2D eigenvalue weighted by Gasteiger charge is 2.19. The summed E-state index contributed by atoms with van der Waals surface area (Å²) in [6, 6.07) is 5.31. The van der Waals surface area contributed by atoms with Gasteiger partial charge in [-0.15, -0.1) is 0 Å². The van der Waals surface area contributed by atoms with Crippen molar-refractivity contribution < 1.29 is 9.53 Å². The maximum absolute atomic E-state index is 12.3. The van der Waals surface area contributed by atoms with Crippen molar-refractivity contribution in [1.29, 1.82) is 0 Å². The maximum atomic E-state index is 12.3. The van der Waals surface area contributed by atoms with Crippen molar-refractivity contribution in [2.75, 3.05) is 7.11 Å². The number of hydrogen-bond donors (Lipinski definition) is 0. The van der Waals surface area contributed by atoms with Crippen LogP contribution in [0.3, 0.4) is 0 Å². The first kappa shape index (κ1) is 13.2. The molecule has 0 N–H and O–H groups in total. The third kappa shape index (κ3) is 2.59. The molecule has 6 heteroatoms. The van der Waals surface area contributed by atoms with Crippen molar-refractivity contribution in [3.63, 3.8) is 0 Å². The summed E-state index contributed by atoms with van der Waals surface area (Å²) in [5.41, 5.74) is 0.708. The molecule has 0 fully saturated rings. The van der Waals surface area contributed by atoms with E-state index in [1.807, 2.05) is 0 Å². The van der Waals surface area contributed by atoms with Crippen LogP contribution >= 0.6 is 31.9 Å². The SMILES string of the molecule is COc1nccnc1C(=O)c1ccc(Br)cc1Br. The van der Waals surface area contributed by atoms with Crippen LogP contribution < -0.4 is 4.74 Å². The lowest BCUT2D eigenvalue weighted by Gasteiger charge is -2.06. The van der Waals surface area contributed by atoms with Gasteiger partial charge in [0.1, 0.15) is 0 Å². The van der Waals surface area contributed by atoms with E-state index in [0.717, 1.165) is 4.47 Å². The molecule has 0 amide bonds. The molecular weight excluding hydrogens is 364 g/mol. The number of carbonyl (C=O) groups excluding carboxylic acids is 1. The van der Waals surface area contributed by atoms with Crippen LogP contribution in [0.5, 0.6) is 5.88 Å². The second-order valence-electron chi connectivity index (χ2n) is 3.37. The Balaban J connectivity index is 2.48. The minimum absolute atomic E-state index is 0.197. The zero-order valence-corrected chi connectivity index (χ0v) is 12.5. The molecule has 0 saturated carbocycles. The van der Waals surface area contributed by atoms with Crippen molar-refractivity contribution in [3.8, 4) is 5.88 Å². The Bertz CT molecular complexity index is 602. The highest BCUT2D eigenvalue weighted by Crippen LogP contribution is 2.25. The summed E-state index contributed by atoms with van der Waals surface area (Å²) in [5, 5.41) is 0. The van der Waals surface area contributed by atoms with Crippen LogP contribution in [-0.2, 0) is 0 Å². The van der Waals surface area contributed by atoms with Gasteiger partial charge in [-0.2, -0.15) is 0 Å². The molecule has 0 spiro atoms. The van der Waals surface area contributed by atoms with Gasteiger partial charge in [0.2, 0.25) is 11.7 Å². The average molecular weight is 372 g/mol. The first-order valence-corrected chi connectivity index (χ1v) is 6.57. The number of halogens is 2. The van der Waals surface area contributed by atoms with Crippen LogP contribution in [0, 0.1) is 0 Å². The van der Waals surface area contributed by atoms with Gasteiger partial charge in [-0.1, -0.05) is 15.9 Å². The number of aromatic nitrogens is 2. The van der Waals surface area contributed by atoms with Crippen molar-refractivity contribution in [2.45, 2.75) is 0 Å². The van der Waals surface area contributed by atoms with Gasteiger partial charge in [-0.25, -0.2) is 9.97 Å². The number of nitrogens with zero attached hydrogens (tertiary/aromatic N) is 2. The normalized spacial score (nSPS) is 10.2. The largest absolute Gasteiger partial charge is 0.479 e. The van der Waals surface area contributed by atoms with Crippen molar-refractivity contribution in [2.24, 2.45) is 0 Å². The van der Waals surface area contributed by atoms with Crippen LogP contribution in [0.2, 0.25) is 0 Å². The number of benzene rings is 1. The van der Waals surface area contributed by atoms with Gasteiger partial charge in [0.15, 0.2) is 5.69 Å². The Morgan fingerprint density at radius 3 is 2.61 bits per heavy atom. The summed E-state index contributed by atoms with van der Waals surface area (Å²) in [5.74, 6) is -0.0170. The van der Waals surface area contributed by atoms with E-state index in [1.54, 1.807) is 18.2 Å². The summed E-state index contributed by atoms with van der Waals surface area (Å²) in [6.45, 7) is 0. The molecule has 92 valence electrons. The fraction of sp³-hybridized carbons (Fsp3) is 0.0833. The number of carbonyl (C=O) groups is 1. The minimum atomic E-state index is -0.237. The number of ether oxygens (including phenoxy) is 1. The molecule has 4 nitrogen and oxygen atoms in total. The van der Waals surface area contributed by atoms with Gasteiger partial charge in [0.25, 0.3) is 0 Å². The van der Waals surface area contributed by atoms with E-state index in [4.69, 9.17) is 4.74 Å². The van der Waals surface area contributed by atoms with Gasteiger partial charge in [-0.3, -0.25) is 4.79 Å². The highest BCUT2D eigenvalue weighted by molar-refractivity contribution is 9.11. The van der Waals surface area contributed by atoms with E-state index in [2.05, 4.69) is 41.8 Å². The predicted molar refractivity (Wildman–Crippen MR) is 73.9 cm³/mol. The topological polar surface area (TPSA) is 52.1 Å². The highest BCUT2D eigenvalue weighted by atomic mass is 79.9. The number of ketones is 1. The zero-order valence-electron chi connectivity index (χ0n) is 9.35. The molecular formula is C12H8Br2N2O2. The van der Waals surface area contributed by atoms with Crippen LogP contribution in [0.1, 0.15) is 16.1 Å². The van der Waals surface area contributed by atoms with E-state index >= 15 is 0 Å². The van der Waals surface area contributed by atoms with Gasteiger partial charge in [0.05, 0.1) is 7.11 Å². The molecule has 2 aromatic rings. The quantitative estimate of drug-likeness (QED) is 0.777. The summed E-state index contributed by atoms with van der Waals surface area (Å²) in [7, 11) is 1.46. The van der Waals surface area contributed by atoms with Crippen LogP contribution in [-0.4, -0.2) is 22.9 Å². The van der Waals surface area contributed by atoms with Crippen molar-refractivity contribution in [1.82, 2.24) is 9.97 Å². The molecule has 18 heavy (non-hydrogen) atoms. The monoisotopic (exact) mass is 370 g/mol. The molecule has 0 aliphatic heterocycles. The third-order valence-electron chi connectivity index (χ3n) is 2.25. The van der Waals surface area contributed by atoms with Crippen molar-refractivity contribution in [3.05, 3.63) is 50.8 Å². The lowest BCUT2D eigenvalue weighted by molar-refractivity contribution is 0.102. The number of methoxy groups -OCH3 is 1. The Kier molecular flexibility index (Phi) is 4.08. The molecule has 1 heterocycles. The third-order valence-corrected chi connectivity index (χ3v) is 3.40. The maximum Gasteiger partial charge on any atom is 0.243 e. The molecule has 0 atom stereocenters. The number of rotatable bonds is 3. The lowest BCUT2D eigenvalue weighted by Crippen LogP contribution is -2.08. The predicted octanol–water partition coefficient (Wildman–Crippen LogP) is 3.24. The van der Waals surface area contributed by atoms with Crippen LogP contribution in [0.15, 0.2) is 39.5 Å². The molecule has 2 rings (SSSR count). The summed E-state index contributed by atoms with van der Waals surface area (Å²) in [6.07, 6.45) is 2.94. The van der Waals surface area contributed by atoms with Gasteiger partial charge in [0, 0.05) is 26.9 Å². The zero-order chi connectivity index (χ0) is 13.1. The molecule has 0 bridgehead atoms. The minimum Gasteiger partial charge on any atom is -0.479 e. The average Bonchev–Trinajstić information content (AvgIpc) is 2.38. The Labute approximate surface area is 121 Å². The van der Waals surface area contributed by atoms with Crippen molar-refractivity contribution >= 4 is 37.6 Å². The Hall–Kier alpha value is -1.27. The lowest BCUT2D eigenvalue weighted by atomic mass is 10.1. The summed E-state index contributed by atoms with van der Waals surface area (Å²) >= 11 is 6.69. The molecule has 0 aliphatic rings. The Morgan fingerprint density at radius 1 is 1.22 bits per heavy atom. The van der Waals surface area contributed by atoms with Gasteiger partial charge >= 0.3 is 0 Å². The molecule has 0 unspecified atom stereocenters. The van der Waals surface area contributed by atoms with Gasteiger partial charge < -0.3 is 4.74 Å². The smallest absolute Gasteiger partial charge is 0.243 e. The first-order valence-electron chi connectivity index (χ1n) is 4.98. The van der Waals surface area contributed by atoms with Crippen LogP contribution in [0.25, 0.3) is 0 Å². The van der Waals surface area contributed by atoms with Crippen LogP contribution in [0.4, 0.5) is 0 Å². The summed E-state index contributed by atoms with van der Waals surface area (Å²) < 4.78 is 6.61. The van der Waals surface area contributed by atoms with Gasteiger partial charge in [-0.05, 0) is 34.1 Å². The molecule has 0 aliphatic carbocycles. The number of hydrogen-bond acceptors (Lipinski definition) is 4. The molecule has 0 radical (unpaired) electrons. The fourth-order valence-corrected chi connectivity index (χ4v) is 2.66. The second kappa shape index (κ2) is 5.58. The first-order chi connectivity index (χ1) is 8.63. The van der Waals surface area contributed by atoms with E-state index in [1.165, 1.54) is 19.5 Å².